The van der Waals surface area contributed by atoms with Crippen LogP contribution in [0.5, 0.6) is 0 Å². The zero-order chi connectivity index (χ0) is 18.6. The smallest absolute Gasteiger partial charge is 0.463 e. The third kappa shape index (κ3) is 9.43. The molecule has 0 spiro atoms. The van der Waals surface area contributed by atoms with Gasteiger partial charge in [-0.3, -0.25) is 4.79 Å². The van der Waals surface area contributed by atoms with Gasteiger partial charge in [0.15, 0.2) is 6.10 Å². The lowest BCUT2D eigenvalue weighted by Crippen LogP contribution is -2.19. The van der Waals surface area contributed by atoms with Crippen molar-refractivity contribution in [1.29, 1.82) is 0 Å². The first-order valence-electron chi connectivity index (χ1n) is 10.6. The number of carbonyl (C=O) groups excluding carboxylic acids is 1. The molecule has 1 aliphatic heterocycles. The first kappa shape index (κ1) is 21.8. The van der Waals surface area contributed by atoms with Gasteiger partial charge < -0.3 is 4.74 Å². The molecule has 1 saturated heterocycles. The summed E-state index contributed by atoms with van der Waals surface area (Å²) in [7, 11) is -2.00. The van der Waals surface area contributed by atoms with Crippen molar-refractivity contribution in [2.24, 2.45) is 11.8 Å². The van der Waals surface area contributed by atoms with Crippen molar-refractivity contribution in [3.05, 3.63) is 0 Å². The Morgan fingerprint density at radius 3 is 2.31 bits per heavy atom. The molecule has 0 amide bonds. The van der Waals surface area contributed by atoms with E-state index in [2.05, 4.69) is 6.92 Å². The van der Waals surface area contributed by atoms with Crippen molar-refractivity contribution in [3.8, 4) is 0 Å². The van der Waals surface area contributed by atoms with Gasteiger partial charge in [-0.05, 0) is 24.7 Å². The summed E-state index contributed by atoms with van der Waals surface area (Å²) in [5.74, 6) is 1.86. The van der Waals surface area contributed by atoms with Crippen molar-refractivity contribution >= 4 is 14.2 Å². The minimum absolute atomic E-state index is 0.140. The summed E-state index contributed by atoms with van der Waals surface area (Å²) in [5, 5.41) is 0. The van der Waals surface area contributed by atoms with Crippen molar-refractivity contribution in [1.82, 2.24) is 0 Å². The fourth-order valence-corrected chi connectivity index (χ4v) is 4.43. The molecule has 0 radical (unpaired) electrons. The molecule has 1 aliphatic carbocycles. The van der Waals surface area contributed by atoms with Crippen molar-refractivity contribution in [3.63, 3.8) is 0 Å². The van der Waals surface area contributed by atoms with Gasteiger partial charge in [-0.25, -0.2) is 0 Å². The number of rotatable bonds is 15. The molecule has 2 aliphatic rings. The van der Waals surface area contributed by atoms with Gasteiger partial charge in [0.2, 0.25) is 0 Å². The third-order valence-electron chi connectivity index (χ3n) is 5.48. The van der Waals surface area contributed by atoms with Gasteiger partial charge in [-0.15, -0.1) is 9.05 Å². The second-order valence-electron chi connectivity index (χ2n) is 7.84. The molecule has 4 atom stereocenters. The van der Waals surface area contributed by atoms with Crippen LogP contribution in [0, 0.1) is 11.8 Å². The highest BCUT2D eigenvalue weighted by atomic mass is 31.1. The molecule has 0 aromatic heterocycles. The van der Waals surface area contributed by atoms with Gasteiger partial charge in [-0.1, -0.05) is 71.1 Å². The van der Waals surface area contributed by atoms with E-state index in [1.54, 1.807) is 0 Å². The molecule has 0 aromatic carbocycles. The zero-order valence-electron chi connectivity index (χ0n) is 16.3. The van der Waals surface area contributed by atoms with Crippen LogP contribution in [0.2, 0.25) is 0 Å². The summed E-state index contributed by atoms with van der Waals surface area (Å²) >= 11 is 0. The maximum Gasteiger partial charge on any atom is 0.697 e. The Balaban J connectivity index is 1.32. The maximum absolute atomic E-state index is 11.6. The molecular formula is C20H36O5P+. The summed E-state index contributed by atoms with van der Waals surface area (Å²) in [6, 6.07) is 0. The second-order valence-corrected chi connectivity index (χ2v) is 8.76. The summed E-state index contributed by atoms with van der Waals surface area (Å²) in [6.07, 6.45) is 15.8. The SMILES string of the molecule is CCCCCC[C@@H]1C[C@@H]1CCCCCCCC(=O)OCC1CO[P+](=O)O1. The molecule has 6 heteroatoms. The quantitative estimate of drug-likeness (QED) is 0.198. The van der Waals surface area contributed by atoms with Crippen molar-refractivity contribution in [2.75, 3.05) is 13.2 Å². The highest BCUT2D eigenvalue weighted by Gasteiger charge is 2.38. The summed E-state index contributed by atoms with van der Waals surface area (Å²) in [6.45, 7) is 2.65. The van der Waals surface area contributed by atoms with Crippen LogP contribution in [0.1, 0.15) is 90.4 Å². The first-order chi connectivity index (χ1) is 12.7. The van der Waals surface area contributed by atoms with Crippen LogP contribution in [-0.2, 0) is 23.1 Å². The van der Waals surface area contributed by atoms with E-state index < -0.39 is 8.25 Å². The molecule has 2 fully saturated rings. The van der Waals surface area contributed by atoms with Crippen LogP contribution in [0.15, 0.2) is 0 Å². The van der Waals surface area contributed by atoms with Crippen LogP contribution in [-0.4, -0.2) is 25.3 Å². The van der Waals surface area contributed by atoms with E-state index in [0.29, 0.717) is 6.42 Å². The minimum atomic E-state index is -2.00. The topological polar surface area (TPSA) is 61.8 Å². The van der Waals surface area contributed by atoms with E-state index >= 15 is 0 Å². The van der Waals surface area contributed by atoms with Crippen LogP contribution in [0.3, 0.4) is 0 Å². The van der Waals surface area contributed by atoms with E-state index in [0.717, 1.165) is 24.7 Å². The average Bonchev–Trinajstić information content (AvgIpc) is 3.25. The lowest BCUT2D eigenvalue weighted by atomic mass is 10.0. The van der Waals surface area contributed by atoms with Crippen LogP contribution < -0.4 is 0 Å². The third-order valence-corrected chi connectivity index (χ3v) is 6.31. The standard InChI is InChI=1S/C20H36O5P/c1-2-3-4-8-11-17-14-18(17)12-9-6-5-7-10-13-20(21)23-15-19-16-24-26(22)25-19/h17-19H,2-16H2,1H3/q+1/t17-,18+,19?/m1/s1. The monoisotopic (exact) mass is 387 g/mol. The van der Waals surface area contributed by atoms with Gasteiger partial charge in [0, 0.05) is 11.0 Å². The molecule has 2 unspecified atom stereocenters. The molecule has 1 saturated carbocycles. The van der Waals surface area contributed by atoms with Gasteiger partial charge in [0.05, 0.1) is 0 Å². The van der Waals surface area contributed by atoms with Crippen molar-refractivity contribution < 1.29 is 23.1 Å². The van der Waals surface area contributed by atoms with Gasteiger partial charge in [0.25, 0.3) is 0 Å². The molecule has 150 valence electrons. The Hall–Kier alpha value is -0.510. The van der Waals surface area contributed by atoms with Crippen molar-refractivity contribution in [2.45, 2.75) is 96.5 Å². The van der Waals surface area contributed by atoms with Gasteiger partial charge in [0.1, 0.15) is 13.2 Å². The van der Waals surface area contributed by atoms with E-state index in [4.69, 9.17) is 13.8 Å². The Kier molecular flexibility index (Phi) is 10.7. The van der Waals surface area contributed by atoms with Gasteiger partial charge in [-0.2, -0.15) is 0 Å². The maximum atomic E-state index is 11.6. The highest BCUT2D eigenvalue weighted by Crippen LogP contribution is 2.45. The normalized spacial score (nSPS) is 26.2. The number of hydrogen-bond donors (Lipinski definition) is 0. The molecule has 1 heterocycles. The van der Waals surface area contributed by atoms with Gasteiger partial charge >= 0.3 is 14.2 Å². The summed E-state index contributed by atoms with van der Waals surface area (Å²) < 4.78 is 25.8. The van der Waals surface area contributed by atoms with E-state index in [1.807, 2.05) is 0 Å². The van der Waals surface area contributed by atoms with Crippen LogP contribution >= 0.6 is 8.25 Å². The number of unbranched alkanes of at least 4 members (excludes halogenated alkanes) is 7. The van der Waals surface area contributed by atoms with E-state index in [-0.39, 0.29) is 25.3 Å². The molecule has 0 N–H and O–H groups in total. The first-order valence-corrected chi connectivity index (χ1v) is 11.7. The van der Waals surface area contributed by atoms with E-state index in [9.17, 15) is 9.36 Å². The van der Waals surface area contributed by atoms with Crippen LogP contribution in [0.4, 0.5) is 0 Å². The summed E-state index contributed by atoms with van der Waals surface area (Å²) in [5.41, 5.74) is 0. The number of esters is 1. The highest BCUT2D eigenvalue weighted by molar-refractivity contribution is 7.33. The molecule has 5 nitrogen and oxygen atoms in total. The van der Waals surface area contributed by atoms with E-state index in [1.165, 1.54) is 64.2 Å². The summed E-state index contributed by atoms with van der Waals surface area (Å²) in [4.78, 5) is 11.6. The fourth-order valence-electron chi connectivity index (χ4n) is 3.72. The Labute approximate surface area is 159 Å². The zero-order valence-corrected chi connectivity index (χ0v) is 17.2. The number of hydrogen-bond acceptors (Lipinski definition) is 5. The number of carbonyl (C=O) groups is 1. The molecule has 2 rings (SSSR count). The average molecular weight is 387 g/mol. The Morgan fingerprint density at radius 2 is 1.65 bits per heavy atom. The second kappa shape index (κ2) is 12.8. The Morgan fingerprint density at radius 1 is 1.00 bits per heavy atom. The molecule has 0 bridgehead atoms. The predicted molar refractivity (Wildman–Crippen MR) is 102 cm³/mol. The minimum Gasteiger partial charge on any atom is -0.463 e. The Bertz CT molecular complexity index is 428. The lowest BCUT2D eigenvalue weighted by Gasteiger charge is -2.05. The molecular weight excluding hydrogens is 351 g/mol. The molecule has 26 heavy (non-hydrogen) atoms. The lowest BCUT2D eigenvalue weighted by molar-refractivity contribution is -0.145. The predicted octanol–water partition coefficient (Wildman–Crippen LogP) is 5.94. The molecule has 0 aromatic rings. The number of ether oxygens (including phenoxy) is 1. The van der Waals surface area contributed by atoms with Crippen LogP contribution in [0.25, 0.3) is 0 Å². The fraction of sp³-hybridized carbons (Fsp3) is 0.950. The largest absolute Gasteiger partial charge is 0.697 e.